The highest BCUT2D eigenvalue weighted by Gasteiger charge is 2.26. The van der Waals surface area contributed by atoms with Crippen LogP contribution in [0, 0.1) is 5.92 Å². The highest BCUT2D eigenvalue weighted by atomic mass is 19.1. The minimum absolute atomic E-state index is 0.0108. The molecule has 3 nitrogen and oxygen atoms in total. The highest BCUT2D eigenvalue weighted by molar-refractivity contribution is 5.79. The summed E-state index contributed by atoms with van der Waals surface area (Å²) in [6.45, 7) is 0. The Morgan fingerprint density at radius 3 is 2.63 bits per heavy atom. The van der Waals surface area contributed by atoms with Crippen molar-refractivity contribution in [2.75, 3.05) is 0 Å². The average Bonchev–Trinajstić information content (AvgIpc) is 2.67. The quantitative estimate of drug-likeness (QED) is 0.784. The average molecular weight is 260 g/mol. The van der Waals surface area contributed by atoms with Crippen LogP contribution in [0.1, 0.15) is 0 Å². The molecule has 3 atom stereocenters. The summed E-state index contributed by atoms with van der Waals surface area (Å²) in [6, 6.07) is 0. The first-order chi connectivity index (χ1) is 9.15. The molecule has 2 aliphatic rings. The van der Waals surface area contributed by atoms with Gasteiger partial charge in [0.15, 0.2) is 0 Å². The minimum Gasteiger partial charge on any atom is -0.385 e. The van der Waals surface area contributed by atoms with Crippen LogP contribution in [0.2, 0.25) is 0 Å². The second-order valence-corrected chi connectivity index (χ2v) is 4.37. The fourth-order valence-corrected chi connectivity index (χ4v) is 2.05. The number of halogens is 1. The van der Waals surface area contributed by atoms with Gasteiger partial charge in [-0.2, -0.15) is 0 Å². The van der Waals surface area contributed by atoms with Crippen LogP contribution in [0.25, 0.3) is 0 Å². The van der Waals surface area contributed by atoms with Crippen molar-refractivity contribution >= 4 is 12.6 Å². The van der Waals surface area contributed by atoms with Crippen molar-refractivity contribution in [3.05, 3.63) is 59.3 Å². The molecule has 19 heavy (non-hydrogen) atoms. The number of carbonyl (C=O) groups excluding carboxylic acids is 2. The molecule has 0 aromatic heterocycles. The molecule has 0 amide bonds. The first kappa shape index (κ1) is 13.4. The van der Waals surface area contributed by atoms with Crippen LogP contribution >= 0.6 is 0 Å². The summed E-state index contributed by atoms with van der Waals surface area (Å²) in [5.41, 5.74) is 1.05. The summed E-state index contributed by atoms with van der Waals surface area (Å²) in [5, 5.41) is 9.49. The van der Waals surface area contributed by atoms with Gasteiger partial charge in [-0.15, -0.1) is 0 Å². The van der Waals surface area contributed by atoms with Gasteiger partial charge in [-0.1, -0.05) is 30.4 Å². The fraction of sp³-hybridized carbons (Fsp3) is 0.200. The predicted molar refractivity (Wildman–Crippen MR) is 69.0 cm³/mol. The third kappa shape index (κ3) is 2.85. The van der Waals surface area contributed by atoms with E-state index in [1.165, 1.54) is 12.2 Å². The minimum atomic E-state index is -1.61. The molecule has 4 heteroatoms. The van der Waals surface area contributed by atoms with Crippen LogP contribution in [-0.2, 0) is 9.59 Å². The molecule has 2 rings (SSSR count). The second-order valence-electron chi connectivity index (χ2n) is 4.37. The summed E-state index contributed by atoms with van der Waals surface area (Å²) >= 11 is 0. The summed E-state index contributed by atoms with van der Waals surface area (Å²) in [7, 11) is 0. The van der Waals surface area contributed by atoms with E-state index in [2.05, 4.69) is 0 Å². The highest BCUT2D eigenvalue weighted by Crippen LogP contribution is 2.28. The first-order valence-corrected chi connectivity index (χ1v) is 5.88. The largest absolute Gasteiger partial charge is 0.385 e. The van der Waals surface area contributed by atoms with E-state index in [0.717, 1.165) is 0 Å². The van der Waals surface area contributed by atoms with Crippen LogP contribution in [0.4, 0.5) is 4.39 Å². The Morgan fingerprint density at radius 1 is 1.16 bits per heavy atom. The van der Waals surface area contributed by atoms with Gasteiger partial charge in [0.25, 0.3) is 0 Å². The molecular formula is C15H13FO3. The number of aliphatic hydroxyl groups is 1. The lowest BCUT2D eigenvalue weighted by Gasteiger charge is -2.22. The van der Waals surface area contributed by atoms with Crippen LogP contribution in [0.5, 0.6) is 0 Å². The van der Waals surface area contributed by atoms with Gasteiger partial charge >= 0.3 is 0 Å². The number of hydrogen-bond donors (Lipinski definition) is 1. The molecule has 0 radical (unpaired) electrons. The van der Waals surface area contributed by atoms with Gasteiger partial charge in [-0.05, 0) is 17.7 Å². The van der Waals surface area contributed by atoms with Crippen molar-refractivity contribution in [3.63, 3.8) is 0 Å². The van der Waals surface area contributed by atoms with Crippen molar-refractivity contribution in [2.45, 2.75) is 12.3 Å². The number of carbonyl (C=O) groups is 2. The first-order valence-electron chi connectivity index (χ1n) is 5.88. The molecule has 0 aromatic rings. The van der Waals surface area contributed by atoms with E-state index in [1.54, 1.807) is 30.4 Å². The smallest absolute Gasteiger partial charge is 0.149 e. The number of allylic oxidation sites excluding steroid dienone is 8. The van der Waals surface area contributed by atoms with E-state index >= 15 is 0 Å². The van der Waals surface area contributed by atoms with E-state index in [1.807, 2.05) is 0 Å². The zero-order valence-corrected chi connectivity index (χ0v) is 10.1. The summed E-state index contributed by atoms with van der Waals surface area (Å²) < 4.78 is 13.6. The number of aliphatic hydroxyl groups excluding tert-OH is 1. The normalized spacial score (nSPS) is 30.0. The predicted octanol–water partition coefficient (Wildman–Crippen LogP) is 1.62. The maximum atomic E-state index is 13.6. The van der Waals surface area contributed by atoms with Crippen LogP contribution in [0.3, 0.4) is 0 Å². The maximum absolute atomic E-state index is 13.6. The second kappa shape index (κ2) is 5.71. The van der Waals surface area contributed by atoms with Gasteiger partial charge in [0.2, 0.25) is 0 Å². The van der Waals surface area contributed by atoms with Gasteiger partial charge in [0.1, 0.15) is 24.8 Å². The molecule has 98 valence electrons. The Morgan fingerprint density at radius 2 is 1.95 bits per heavy atom. The van der Waals surface area contributed by atoms with E-state index in [0.29, 0.717) is 23.7 Å². The Balaban J connectivity index is 2.36. The molecule has 0 fully saturated rings. The number of rotatable bonds is 3. The zero-order chi connectivity index (χ0) is 13.8. The molecule has 3 unspecified atom stereocenters. The Kier molecular flexibility index (Phi) is 4.02. The topological polar surface area (TPSA) is 54.4 Å². The van der Waals surface area contributed by atoms with Gasteiger partial charge in [-0.25, -0.2) is 4.39 Å². The standard InChI is InChI=1S/C15H13FO3/c16-14-7-12(6-13(9-18)15(14)19)11-4-2-1-3-10(5-11)8-17/h1-9,11,14-15,19H. The van der Waals surface area contributed by atoms with Crippen LogP contribution in [0.15, 0.2) is 59.3 Å². The lowest BCUT2D eigenvalue weighted by atomic mass is 9.87. The Hall–Kier alpha value is -2.07. The molecule has 0 saturated heterocycles. The number of aldehydes is 2. The molecular weight excluding hydrogens is 247 g/mol. The van der Waals surface area contributed by atoms with E-state index in [-0.39, 0.29) is 11.5 Å². The number of alkyl halides is 1. The van der Waals surface area contributed by atoms with Gasteiger partial charge in [0, 0.05) is 17.1 Å². The van der Waals surface area contributed by atoms with Crippen molar-refractivity contribution in [1.29, 1.82) is 0 Å². The van der Waals surface area contributed by atoms with Crippen LogP contribution < -0.4 is 0 Å². The summed E-state index contributed by atoms with van der Waals surface area (Å²) in [4.78, 5) is 21.6. The van der Waals surface area contributed by atoms with E-state index in [9.17, 15) is 19.1 Å². The van der Waals surface area contributed by atoms with Gasteiger partial charge in [0.05, 0.1) is 0 Å². The molecule has 0 bridgehead atoms. The third-order valence-electron chi connectivity index (χ3n) is 3.08. The molecule has 0 heterocycles. The molecule has 0 spiro atoms. The zero-order valence-electron chi connectivity index (χ0n) is 10.1. The molecule has 0 saturated carbocycles. The Labute approximate surface area is 110 Å². The van der Waals surface area contributed by atoms with Crippen molar-refractivity contribution < 1.29 is 19.1 Å². The van der Waals surface area contributed by atoms with E-state index < -0.39 is 12.3 Å². The third-order valence-corrected chi connectivity index (χ3v) is 3.08. The van der Waals surface area contributed by atoms with Crippen molar-refractivity contribution in [3.8, 4) is 0 Å². The molecule has 0 aromatic carbocycles. The van der Waals surface area contributed by atoms with Crippen LogP contribution in [-0.4, -0.2) is 30.0 Å². The lowest BCUT2D eigenvalue weighted by Crippen LogP contribution is -2.27. The van der Waals surface area contributed by atoms with Gasteiger partial charge in [-0.3, -0.25) is 9.59 Å². The lowest BCUT2D eigenvalue weighted by molar-refractivity contribution is -0.106. The summed E-state index contributed by atoms with van der Waals surface area (Å²) in [5.74, 6) is -0.295. The molecule has 1 N–H and O–H groups in total. The maximum Gasteiger partial charge on any atom is 0.149 e. The van der Waals surface area contributed by atoms with E-state index in [4.69, 9.17) is 0 Å². The fourth-order valence-electron chi connectivity index (χ4n) is 2.05. The van der Waals surface area contributed by atoms with Crippen molar-refractivity contribution in [2.24, 2.45) is 5.92 Å². The monoisotopic (exact) mass is 260 g/mol. The number of hydrogen-bond acceptors (Lipinski definition) is 3. The molecule has 0 aliphatic heterocycles. The van der Waals surface area contributed by atoms with Crippen molar-refractivity contribution in [1.82, 2.24) is 0 Å². The molecule has 2 aliphatic carbocycles. The SMILES string of the molecule is O=CC1=CC(C2=CC(F)C(O)C(C=O)=C2)C=CC=C1. The van der Waals surface area contributed by atoms with Gasteiger partial charge < -0.3 is 5.11 Å². The summed E-state index contributed by atoms with van der Waals surface area (Å²) in [6.07, 6.45) is 9.48. The Bertz CT molecular complexity index is 538.